The number of aromatic nitrogens is 2. The number of nitrogens with zero attached hydrogens (tertiary/aromatic N) is 2. The molecule has 0 fully saturated rings. The summed E-state index contributed by atoms with van der Waals surface area (Å²) in [5.74, 6) is 2.27. The Balaban J connectivity index is 2.78. The molecule has 3 N–H and O–H groups in total. The molecule has 0 radical (unpaired) electrons. The Labute approximate surface area is 121 Å². The lowest BCUT2D eigenvalue weighted by atomic mass is 10.2. The lowest BCUT2D eigenvalue weighted by Crippen LogP contribution is -2.14. The van der Waals surface area contributed by atoms with Crippen LogP contribution in [0, 0.1) is 5.92 Å². The standard InChI is InChI=1S/C14H26N4O2/c1-5-11-17-13(16-7-6-8-19-4)12(15)14(18-11)20-9-10(2)3/h10H,5-9,15H2,1-4H3,(H,16,17,18). The molecule has 0 aliphatic rings. The highest BCUT2D eigenvalue weighted by molar-refractivity contribution is 5.66. The van der Waals surface area contributed by atoms with E-state index < -0.39 is 0 Å². The van der Waals surface area contributed by atoms with E-state index in [4.69, 9.17) is 15.2 Å². The molecule has 20 heavy (non-hydrogen) atoms. The first kappa shape index (κ1) is 16.5. The Morgan fingerprint density at radius 3 is 2.65 bits per heavy atom. The van der Waals surface area contributed by atoms with Gasteiger partial charge in [0, 0.05) is 26.7 Å². The van der Waals surface area contributed by atoms with Crippen LogP contribution in [0.15, 0.2) is 0 Å². The summed E-state index contributed by atoms with van der Waals surface area (Å²) in [6.07, 6.45) is 1.63. The van der Waals surface area contributed by atoms with Crippen LogP contribution in [0.2, 0.25) is 0 Å². The van der Waals surface area contributed by atoms with E-state index in [1.54, 1.807) is 7.11 Å². The number of ether oxygens (including phenoxy) is 2. The number of nitrogen functional groups attached to an aromatic ring is 1. The van der Waals surface area contributed by atoms with Crippen LogP contribution in [0.4, 0.5) is 11.5 Å². The summed E-state index contributed by atoms with van der Waals surface area (Å²) in [6.45, 7) is 8.22. The van der Waals surface area contributed by atoms with Crippen molar-refractivity contribution in [3.05, 3.63) is 5.82 Å². The van der Waals surface area contributed by atoms with E-state index in [1.807, 2.05) is 6.92 Å². The van der Waals surface area contributed by atoms with Gasteiger partial charge in [0.15, 0.2) is 5.82 Å². The Morgan fingerprint density at radius 1 is 1.30 bits per heavy atom. The van der Waals surface area contributed by atoms with Gasteiger partial charge in [-0.2, -0.15) is 4.98 Å². The van der Waals surface area contributed by atoms with Crippen molar-refractivity contribution in [3.63, 3.8) is 0 Å². The molecule has 0 saturated carbocycles. The van der Waals surface area contributed by atoms with Gasteiger partial charge >= 0.3 is 0 Å². The summed E-state index contributed by atoms with van der Waals surface area (Å²) >= 11 is 0. The highest BCUT2D eigenvalue weighted by atomic mass is 16.5. The maximum absolute atomic E-state index is 6.06. The van der Waals surface area contributed by atoms with Crippen LogP contribution in [0.25, 0.3) is 0 Å². The fourth-order valence-corrected chi connectivity index (χ4v) is 1.56. The van der Waals surface area contributed by atoms with Crippen molar-refractivity contribution in [3.8, 4) is 5.88 Å². The van der Waals surface area contributed by atoms with Crippen molar-refractivity contribution in [2.24, 2.45) is 5.92 Å². The third kappa shape index (κ3) is 5.21. The average molecular weight is 282 g/mol. The second-order valence-corrected chi connectivity index (χ2v) is 5.04. The average Bonchev–Trinajstić information content (AvgIpc) is 2.43. The van der Waals surface area contributed by atoms with Crippen LogP contribution in [0.5, 0.6) is 5.88 Å². The molecule has 1 aromatic heterocycles. The predicted molar refractivity (Wildman–Crippen MR) is 81.1 cm³/mol. The minimum atomic E-state index is 0.424. The molecule has 0 unspecified atom stereocenters. The summed E-state index contributed by atoms with van der Waals surface area (Å²) < 4.78 is 10.7. The number of aryl methyl sites for hydroxylation is 1. The van der Waals surface area contributed by atoms with Crippen molar-refractivity contribution in [1.29, 1.82) is 0 Å². The van der Waals surface area contributed by atoms with Crippen molar-refractivity contribution < 1.29 is 9.47 Å². The van der Waals surface area contributed by atoms with Crippen LogP contribution < -0.4 is 15.8 Å². The van der Waals surface area contributed by atoms with E-state index in [9.17, 15) is 0 Å². The quantitative estimate of drug-likeness (QED) is 0.675. The molecule has 0 amide bonds. The highest BCUT2D eigenvalue weighted by Crippen LogP contribution is 2.26. The molecule has 0 saturated heterocycles. The molecule has 1 aromatic rings. The Hall–Kier alpha value is -1.56. The number of rotatable bonds is 9. The molecule has 1 heterocycles. The zero-order valence-electron chi connectivity index (χ0n) is 12.9. The summed E-state index contributed by atoms with van der Waals surface area (Å²) in [6, 6.07) is 0. The van der Waals surface area contributed by atoms with Gasteiger partial charge in [-0.15, -0.1) is 0 Å². The molecule has 0 spiro atoms. The number of nitrogens with one attached hydrogen (secondary N) is 1. The van der Waals surface area contributed by atoms with Crippen LogP contribution >= 0.6 is 0 Å². The van der Waals surface area contributed by atoms with Gasteiger partial charge in [-0.3, -0.25) is 0 Å². The zero-order valence-corrected chi connectivity index (χ0v) is 12.9. The molecule has 114 valence electrons. The van der Waals surface area contributed by atoms with Crippen molar-refractivity contribution in [2.45, 2.75) is 33.6 Å². The van der Waals surface area contributed by atoms with Gasteiger partial charge in [0.25, 0.3) is 0 Å². The second kappa shape index (κ2) is 8.58. The molecule has 1 rings (SSSR count). The number of hydrogen-bond donors (Lipinski definition) is 2. The van der Waals surface area contributed by atoms with Gasteiger partial charge in [-0.25, -0.2) is 4.98 Å². The van der Waals surface area contributed by atoms with Crippen molar-refractivity contribution >= 4 is 11.5 Å². The second-order valence-electron chi connectivity index (χ2n) is 5.04. The molecule has 0 aliphatic heterocycles. The summed E-state index contributed by atoms with van der Waals surface area (Å²) in [5.41, 5.74) is 6.54. The topological polar surface area (TPSA) is 82.3 Å². The van der Waals surface area contributed by atoms with E-state index in [0.717, 1.165) is 25.2 Å². The Morgan fingerprint density at radius 2 is 2.05 bits per heavy atom. The van der Waals surface area contributed by atoms with Gasteiger partial charge in [0.05, 0.1) is 6.61 Å². The lowest BCUT2D eigenvalue weighted by molar-refractivity contribution is 0.197. The Bertz CT molecular complexity index is 410. The van der Waals surface area contributed by atoms with Crippen LogP contribution in [0.1, 0.15) is 33.0 Å². The molecule has 0 bridgehead atoms. The summed E-state index contributed by atoms with van der Waals surface area (Å²) in [7, 11) is 1.69. The van der Waals surface area contributed by atoms with Gasteiger partial charge in [-0.05, 0) is 12.3 Å². The van der Waals surface area contributed by atoms with E-state index in [0.29, 0.717) is 36.5 Å². The summed E-state index contributed by atoms with van der Waals surface area (Å²) in [5, 5.41) is 3.21. The monoisotopic (exact) mass is 282 g/mol. The zero-order chi connectivity index (χ0) is 15.0. The molecule has 0 aliphatic carbocycles. The van der Waals surface area contributed by atoms with Gasteiger partial charge < -0.3 is 20.5 Å². The molecular weight excluding hydrogens is 256 g/mol. The van der Waals surface area contributed by atoms with Crippen LogP contribution in [-0.4, -0.2) is 36.8 Å². The highest BCUT2D eigenvalue weighted by Gasteiger charge is 2.12. The first-order valence-corrected chi connectivity index (χ1v) is 7.10. The number of methoxy groups -OCH3 is 1. The third-order valence-corrected chi connectivity index (χ3v) is 2.64. The third-order valence-electron chi connectivity index (χ3n) is 2.64. The van der Waals surface area contributed by atoms with E-state index >= 15 is 0 Å². The van der Waals surface area contributed by atoms with Crippen molar-refractivity contribution in [2.75, 3.05) is 37.9 Å². The SMILES string of the molecule is CCc1nc(NCCCOC)c(N)c(OCC(C)C)n1. The van der Waals surface area contributed by atoms with E-state index in [2.05, 4.69) is 29.1 Å². The fraction of sp³-hybridized carbons (Fsp3) is 0.714. The lowest BCUT2D eigenvalue weighted by Gasteiger charge is -2.14. The molecular formula is C14H26N4O2. The minimum absolute atomic E-state index is 0.424. The number of nitrogens with two attached hydrogens (primary N) is 1. The van der Waals surface area contributed by atoms with Gasteiger partial charge in [-0.1, -0.05) is 20.8 Å². The maximum Gasteiger partial charge on any atom is 0.242 e. The van der Waals surface area contributed by atoms with E-state index in [-0.39, 0.29) is 0 Å². The van der Waals surface area contributed by atoms with Crippen LogP contribution in [0.3, 0.4) is 0 Å². The molecule has 0 atom stereocenters. The largest absolute Gasteiger partial charge is 0.476 e. The van der Waals surface area contributed by atoms with Gasteiger partial charge in [0.2, 0.25) is 5.88 Å². The molecule has 6 heteroatoms. The summed E-state index contributed by atoms with van der Waals surface area (Å²) in [4.78, 5) is 8.75. The normalized spacial score (nSPS) is 10.8. The maximum atomic E-state index is 6.06. The fourth-order valence-electron chi connectivity index (χ4n) is 1.56. The minimum Gasteiger partial charge on any atom is -0.476 e. The predicted octanol–water partition coefficient (Wildman–Crippen LogP) is 2.10. The van der Waals surface area contributed by atoms with E-state index in [1.165, 1.54) is 0 Å². The van der Waals surface area contributed by atoms with Gasteiger partial charge in [0.1, 0.15) is 11.5 Å². The molecule has 0 aromatic carbocycles. The van der Waals surface area contributed by atoms with Crippen molar-refractivity contribution in [1.82, 2.24) is 9.97 Å². The number of anilines is 2. The molecule has 6 nitrogen and oxygen atoms in total. The first-order chi connectivity index (χ1) is 9.58. The smallest absolute Gasteiger partial charge is 0.242 e. The Kier molecular flexibility index (Phi) is 7.08. The number of hydrogen-bond acceptors (Lipinski definition) is 6. The first-order valence-electron chi connectivity index (χ1n) is 7.10. The van der Waals surface area contributed by atoms with Crippen LogP contribution in [-0.2, 0) is 11.2 Å².